The first-order valence-electron chi connectivity index (χ1n) is 7.00. The minimum Gasteiger partial charge on any atom is -0.496 e. The molecule has 0 fully saturated rings. The highest BCUT2D eigenvalue weighted by atomic mass is 16.5. The molecule has 21 heavy (non-hydrogen) atoms. The van der Waals surface area contributed by atoms with Crippen LogP contribution in [0.15, 0.2) is 53.8 Å². The van der Waals surface area contributed by atoms with Crippen molar-refractivity contribution < 1.29 is 4.74 Å². The van der Waals surface area contributed by atoms with Crippen molar-refractivity contribution in [1.82, 2.24) is 15.2 Å². The quantitative estimate of drug-likeness (QED) is 0.629. The van der Waals surface area contributed by atoms with Crippen molar-refractivity contribution in [2.24, 2.45) is 4.99 Å². The van der Waals surface area contributed by atoms with Crippen LogP contribution in [-0.4, -0.2) is 31.2 Å². The third kappa shape index (κ3) is 4.56. The van der Waals surface area contributed by atoms with Crippen LogP contribution in [0.25, 0.3) is 0 Å². The molecule has 0 bridgehead atoms. The van der Waals surface area contributed by atoms with E-state index >= 15 is 0 Å². The molecule has 1 aromatic heterocycles. The molecule has 2 aromatic rings. The summed E-state index contributed by atoms with van der Waals surface area (Å²) in [7, 11) is 3.45. The van der Waals surface area contributed by atoms with Crippen molar-refractivity contribution >= 4 is 5.96 Å². The smallest absolute Gasteiger partial charge is 0.191 e. The van der Waals surface area contributed by atoms with E-state index < -0.39 is 0 Å². The van der Waals surface area contributed by atoms with Gasteiger partial charge in [-0.05, 0) is 18.2 Å². The predicted molar refractivity (Wildman–Crippen MR) is 85.6 cm³/mol. The second kappa shape index (κ2) is 7.99. The molecule has 0 aliphatic heterocycles. The molecule has 112 valence electrons. The molecular formula is C16H22N4O. The first kappa shape index (κ1) is 15.0. The number of nitrogens with zero attached hydrogens (tertiary/aromatic N) is 2. The molecule has 0 saturated carbocycles. The molecule has 0 amide bonds. The van der Waals surface area contributed by atoms with Gasteiger partial charge in [0.05, 0.1) is 7.11 Å². The second-order valence-corrected chi connectivity index (χ2v) is 4.59. The zero-order valence-corrected chi connectivity index (χ0v) is 12.5. The minimum atomic E-state index is 0.674. The molecule has 0 saturated heterocycles. The van der Waals surface area contributed by atoms with Crippen LogP contribution >= 0.6 is 0 Å². The standard InChI is InChI=1S/C16H22N4O/c1-17-16(18-9-12-20-10-5-6-11-20)19-13-14-7-3-4-8-15(14)21-2/h3-8,10-11H,9,12-13H2,1-2H3,(H2,17,18,19). The number of methoxy groups -OCH3 is 1. The van der Waals surface area contributed by atoms with Crippen LogP contribution in [0.1, 0.15) is 5.56 Å². The van der Waals surface area contributed by atoms with E-state index in [4.69, 9.17) is 4.74 Å². The highest BCUT2D eigenvalue weighted by molar-refractivity contribution is 5.79. The van der Waals surface area contributed by atoms with Gasteiger partial charge < -0.3 is 19.9 Å². The zero-order valence-electron chi connectivity index (χ0n) is 12.5. The number of para-hydroxylation sites is 1. The van der Waals surface area contributed by atoms with Crippen LogP contribution in [-0.2, 0) is 13.1 Å². The number of benzene rings is 1. The monoisotopic (exact) mass is 286 g/mol. The largest absolute Gasteiger partial charge is 0.496 e. The summed E-state index contributed by atoms with van der Waals surface area (Å²) in [6, 6.07) is 12.0. The predicted octanol–water partition coefficient (Wildman–Crippen LogP) is 1.86. The molecule has 0 spiro atoms. The van der Waals surface area contributed by atoms with Crippen molar-refractivity contribution in [2.75, 3.05) is 20.7 Å². The third-order valence-corrected chi connectivity index (χ3v) is 3.19. The van der Waals surface area contributed by atoms with E-state index in [1.165, 1.54) is 0 Å². The van der Waals surface area contributed by atoms with E-state index in [-0.39, 0.29) is 0 Å². The Morgan fingerprint density at radius 2 is 1.90 bits per heavy atom. The number of guanidine groups is 1. The molecule has 1 heterocycles. The third-order valence-electron chi connectivity index (χ3n) is 3.19. The van der Waals surface area contributed by atoms with Gasteiger partial charge in [0, 0.05) is 44.6 Å². The average Bonchev–Trinajstić information content (AvgIpc) is 3.04. The molecule has 5 heteroatoms. The Kier molecular flexibility index (Phi) is 5.70. The Labute approximate surface area is 125 Å². The summed E-state index contributed by atoms with van der Waals surface area (Å²) in [5.41, 5.74) is 1.10. The summed E-state index contributed by atoms with van der Waals surface area (Å²) in [5, 5.41) is 6.58. The van der Waals surface area contributed by atoms with Gasteiger partial charge in [0.1, 0.15) is 5.75 Å². The molecule has 5 nitrogen and oxygen atoms in total. The Morgan fingerprint density at radius 1 is 1.14 bits per heavy atom. The summed E-state index contributed by atoms with van der Waals surface area (Å²) < 4.78 is 7.46. The van der Waals surface area contributed by atoms with Crippen molar-refractivity contribution in [2.45, 2.75) is 13.1 Å². The van der Waals surface area contributed by atoms with Crippen LogP contribution in [0.2, 0.25) is 0 Å². The topological polar surface area (TPSA) is 50.6 Å². The molecule has 1 aromatic carbocycles. The van der Waals surface area contributed by atoms with E-state index in [0.29, 0.717) is 6.54 Å². The minimum absolute atomic E-state index is 0.674. The fourth-order valence-corrected chi connectivity index (χ4v) is 2.07. The van der Waals surface area contributed by atoms with Crippen molar-refractivity contribution in [1.29, 1.82) is 0 Å². The number of rotatable bonds is 6. The van der Waals surface area contributed by atoms with Crippen molar-refractivity contribution in [3.8, 4) is 5.75 Å². The lowest BCUT2D eigenvalue weighted by atomic mass is 10.2. The van der Waals surface area contributed by atoms with Crippen molar-refractivity contribution in [3.63, 3.8) is 0 Å². The molecule has 2 N–H and O–H groups in total. The lowest BCUT2D eigenvalue weighted by Crippen LogP contribution is -2.38. The first-order chi connectivity index (χ1) is 10.3. The summed E-state index contributed by atoms with van der Waals surface area (Å²) in [5.74, 6) is 1.67. The van der Waals surface area contributed by atoms with Crippen LogP contribution in [0.5, 0.6) is 5.75 Å². The summed E-state index contributed by atoms with van der Waals surface area (Å²) in [4.78, 5) is 4.22. The molecule has 2 rings (SSSR count). The molecule has 0 atom stereocenters. The maximum Gasteiger partial charge on any atom is 0.191 e. The average molecular weight is 286 g/mol. The van der Waals surface area contributed by atoms with Gasteiger partial charge in [0.25, 0.3) is 0 Å². The van der Waals surface area contributed by atoms with Gasteiger partial charge in [-0.2, -0.15) is 0 Å². The van der Waals surface area contributed by atoms with Crippen LogP contribution < -0.4 is 15.4 Å². The van der Waals surface area contributed by atoms with E-state index in [1.807, 2.05) is 48.8 Å². The van der Waals surface area contributed by atoms with Gasteiger partial charge in [-0.25, -0.2) is 0 Å². The Bertz CT molecular complexity index is 563. The van der Waals surface area contributed by atoms with Gasteiger partial charge in [0.15, 0.2) is 5.96 Å². The Balaban J connectivity index is 1.80. The SMILES string of the molecule is CN=C(NCCn1cccc1)NCc1ccccc1OC. The molecular weight excluding hydrogens is 264 g/mol. The highest BCUT2D eigenvalue weighted by Gasteiger charge is 2.03. The maximum atomic E-state index is 5.34. The van der Waals surface area contributed by atoms with Gasteiger partial charge in [-0.15, -0.1) is 0 Å². The normalized spacial score (nSPS) is 11.2. The van der Waals surface area contributed by atoms with Crippen molar-refractivity contribution in [3.05, 3.63) is 54.4 Å². The molecule has 0 aliphatic rings. The lowest BCUT2D eigenvalue weighted by molar-refractivity contribution is 0.409. The Hall–Kier alpha value is -2.43. The van der Waals surface area contributed by atoms with Gasteiger partial charge in [0.2, 0.25) is 0 Å². The zero-order chi connectivity index (χ0) is 14.9. The summed E-state index contributed by atoms with van der Waals surface area (Å²) >= 11 is 0. The van der Waals surface area contributed by atoms with E-state index in [9.17, 15) is 0 Å². The van der Waals surface area contributed by atoms with Gasteiger partial charge >= 0.3 is 0 Å². The first-order valence-corrected chi connectivity index (χ1v) is 7.00. The number of hydrogen-bond acceptors (Lipinski definition) is 2. The van der Waals surface area contributed by atoms with Crippen LogP contribution in [0, 0.1) is 0 Å². The van der Waals surface area contributed by atoms with E-state index in [1.54, 1.807) is 14.2 Å². The number of aromatic nitrogens is 1. The Morgan fingerprint density at radius 3 is 2.62 bits per heavy atom. The number of ether oxygens (including phenoxy) is 1. The van der Waals surface area contributed by atoms with Crippen LogP contribution in [0.4, 0.5) is 0 Å². The van der Waals surface area contributed by atoms with Crippen LogP contribution in [0.3, 0.4) is 0 Å². The molecule has 0 aliphatic carbocycles. The maximum absolute atomic E-state index is 5.34. The fraction of sp³-hybridized carbons (Fsp3) is 0.312. The van der Waals surface area contributed by atoms with E-state index in [0.717, 1.165) is 30.4 Å². The highest BCUT2D eigenvalue weighted by Crippen LogP contribution is 2.16. The van der Waals surface area contributed by atoms with E-state index in [2.05, 4.69) is 20.2 Å². The molecule has 0 radical (unpaired) electrons. The summed E-state index contributed by atoms with van der Waals surface area (Å²) in [6.45, 7) is 2.40. The number of aliphatic imine (C=N–C) groups is 1. The van der Waals surface area contributed by atoms with Gasteiger partial charge in [-0.1, -0.05) is 18.2 Å². The lowest BCUT2D eigenvalue weighted by Gasteiger charge is -2.14. The molecule has 0 unspecified atom stereocenters. The fourth-order valence-electron chi connectivity index (χ4n) is 2.07. The second-order valence-electron chi connectivity index (χ2n) is 4.59. The number of hydrogen-bond donors (Lipinski definition) is 2. The summed E-state index contributed by atoms with van der Waals surface area (Å²) in [6.07, 6.45) is 4.10. The van der Waals surface area contributed by atoms with Gasteiger partial charge in [-0.3, -0.25) is 4.99 Å². The number of nitrogens with one attached hydrogen (secondary N) is 2.